The predicted octanol–water partition coefficient (Wildman–Crippen LogP) is 1.71. The molecule has 1 aromatic carbocycles. The van der Waals surface area contributed by atoms with Gasteiger partial charge in [0, 0.05) is 6.54 Å². The molecule has 0 N–H and O–H groups in total. The van der Waals surface area contributed by atoms with Crippen LogP contribution in [0.5, 0.6) is 0 Å². The van der Waals surface area contributed by atoms with Gasteiger partial charge in [-0.15, -0.1) is 0 Å². The Balaban J connectivity index is 3.22. The van der Waals surface area contributed by atoms with Gasteiger partial charge in [-0.05, 0) is 31.0 Å². The molecule has 0 heterocycles. The van der Waals surface area contributed by atoms with Crippen LogP contribution in [-0.4, -0.2) is 38.9 Å². The lowest BCUT2D eigenvalue weighted by atomic mass is 10.2. The molecule has 1 rings (SSSR count). The van der Waals surface area contributed by atoms with Gasteiger partial charge in [-0.2, -0.15) is 4.31 Å². The standard InChI is InChI=1S/C13H18FNO4S/c1-4-7-15(9-13(16)19-3)20(17,18)12-8-10(2)5-6-11(12)14/h5-6,8H,4,7,9H2,1-3H3. The van der Waals surface area contributed by atoms with Crippen molar-refractivity contribution in [3.05, 3.63) is 29.6 Å². The van der Waals surface area contributed by atoms with Crippen LogP contribution < -0.4 is 0 Å². The number of carbonyl (C=O) groups excluding carboxylic acids is 1. The highest BCUT2D eigenvalue weighted by Gasteiger charge is 2.29. The van der Waals surface area contributed by atoms with Crippen molar-refractivity contribution in [2.45, 2.75) is 25.2 Å². The van der Waals surface area contributed by atoms with E-state index in [1.807, 2.05) is 0 Å². The summed E-state index contributed by atoms with van der Waals surface area (Å²) in [6.45, 7) is 3.13. The van der Waals surface area contributed by atoms with Gasteiger partial charge in [-0.1, -0.05) is 13.0 Å². The molecule has 0 aromatic heterocycles. The van der Waals surface area contributed by atoms with E-state index in [1.54, 1.807) is 13.8 Å². The van der Waals surface area contributed by atoms with E-state index in [-0.39, 0.29) is 6.54 Å². The third-order valence-electron chi connectivity index (χ3n) is 2.71. The largest absolute Gasteiger partial charge is 0.468 e. The van der Waals surface area contributed by atoms with E-state index in [2.05, 4.69) is 4.74 Å². The molecule has 0 amide bonds. The maximum atomic E-state index is 13.8. The van der Waals surface area contributed by atoms with Crippen LogP contribution in [0.15, 0.2) is 23.1 Å². The number of hydrogen-bond donors (Lipinski definition) is 0. The topological polar surface area (TPSA) is 63.7 Å². The Morgan fingerprint density at radius 2 is 2.05 bits per heavy atom. The lowest BCUT2D eigenvalue weighted by Gasteiger charge is -2.20. The van der Waals surface area contributed by atoms with Crippen LogP contribution in [-0.2, 0) is 19.6 Å². The van der Waals surface area contributed by atoms with E-state index in [1.165, 1.54) is 19.2 Å². The third kappa shape index (κ3) is 3.77. The molecule has 0 saturated heterocycles. The van der Waals surface area contributed by atoms with Gasteiger partial charge in [0.2, 0.25) is 10.0 Å². The van der Waals surface area contributed by atoms with Gasteiger partial charge in [0.25, 0.3) is 0 Å². The minimum atomic E-state index is -4.06. The molecular weight excluding hydrogens is 285 g/mol. The van der Waals surface area contributed by atoms with Crippen molar-refractivity contribution in [1.82, 2.24) is 4.31 Å². The van der Waals surface area contributed by atoms with Crippen LogP contribution in [0.25, 0.3) is 0 Å². The summed E-state index contributed by atoms with van der Waals surface area (Å²) in [5.41, 5.74) is 0.625. The zero-order chi connectivity index (χ0) is 15.3. The number of halogens is 1. The molecule has 0 fully saturated rings. The third-order valence-corrected chi connectivity index (χ3v) is 4.57. The number of ether oxygens (including phenoxy) is 1. The lowest BCUT2D eigenvalue weighted by molar-refractivity contribution is -0.140. The van der Waals surface area contributed by atoms with Crippen LogP contribution in [0.3, 0.4) is 0 Å². The van der Waals surface area contributed by atoms with Gasteiger partial charge >= 0.3 is 5.97 Å². The summed E-state index contributed by atoms with van der Waals surface area (Å²) in [4.78, 5) is 10.9. The Hall–Kier alpha value is -1.47. The maximum Gasteiger partial charge on any atom is 0.321 e. The van der Waals surface area contributed by atoms with E-state index in [0.29, 0.717) is 12.0 Å². The number of methoxy groups -OCH3 is 1. The minimum Gasteiger partial charge on any atom is -0.468 e. The number of benzene rings is 1. The summed E-state index contributed by atoms with van der Waals surface area (Å²) in [5.74, 6) is -1.52. The first-order valence-corrected chi connectivity index (χ1v) is 7.60. The molecule has 0 aliphatic heterocycles. The van der Waals surface area contributed by atoms with Crippen molar-refractivity contribution >= 4 is 16.0 Å². The predicted molar refractivity (Wildman–Crippen MR) is 72.2 cm³/mol. The molecule has 7 heteroatoms. The van der Waals surface area contributed by atoms with E-state index in [4.69, 9.17) is 0 Å². The van der Waals surface area contributed by atoms with Crippen molar-refractivity contribution in [3.63, 3.8) is 0 Å². The van der Waals surface area contributed by atoms with Crippen molar-refractivity contribution in [2.24, 2.45) is 0 Å². The zero-order valence-electron chi connectivity index (χ0n) is 11.7. The summed E-state index contributed by atoms with van der Waals surface area (Å²) < 4.78 is 44.0. The second-order valence-corrected chi connectivity index (χ2v) is 6.25. The number of carbonyl (C=O) groups is 1. The van der Waals surface area contributed by atoms with Gasteiger partial charge in [-0.3, -0.25) is 4.79 Å². The van der Waals surface area contributed by atoms with E-state index < -0.39 is 33.3 Å². The highest BCUT2D eigenvalue weighted by Crippen LogP contribution is 2.21. The molecule has 112 valence electrons. The molecule has 5 nitrogen and oxygen atoms in total. The van der Waals surface area contributed by atoms with E-state index in [0.717, 1.165) is 10.4 Å². The highest BCUT2D eigenvalue weighted by molar-refractivity contribution is 7.89. The molecule has 0 aliphatic rings. The van der Waals surface area contributed by atoms with Crippen molar-refractivity contribution in [2.75, 3.05) is 20.2 Å². The second-order valence-electron chi connectivity index (χ2n) is 4.35. The second kappa shape index (κ2) is 6.81. The molecule has 20 heavy (non-hydrogen) atoms. The first-order chi connectivity index (χ1) is 9.32. The quantitative estimate of drug-likeness (QED) is 0.751. The van der Waals surface area contributed by atoms with E-state index >= 15 is 0 Å². The molecule has 0 spiro atoms. The fourth-order valence-corrected chi connectivity index (χ4v) is 3.32. The molecule has 0 atom stereocenters. The summed E-state index contributed by atoms with van der Waals surface area (Å²) >= 11 is 0. The number of rotatable bonds is 6. The van der Waals surface area contributed by atoms with Crippen LogP contribution in [0.2, 0.25) is 0 Å². The molecule has 0 aliphatic carbocycles. The maximum absolute atomic E-state index is 13.8. The first-order valence-electron chi connectivity index (χ1n) is 6.16. The Morgan fingerprint density at radius 1 is 1.40 bits per heavy atom. The minimum absolute atomic E-state index is 0.116. The van der Waals surface area contributed by atoms with Gasteiger partial charge in [-0.25, -0.2) is 12.8 Å². The lowest BCUT2D eigenvalue weighted by Crippen LogP contribution is -2.37. The average molecular weight is 303 g/mol. The molecule has 0 radical (unpaired) electrons. The summed E-state index contributed by atoms with van der Waals surface area (Å²) in [6.07, 6.45) is 0.504. The van der Waals surface area contributed by atoms with Gasteiger partial charge < -0.3 is 4.74 Å². The van der Waals surface area contributed by atoms with Crippen molar-refractivity contribution < 1.29 is 22.3 Å². The summed E-state index contributed by atoms with van der Waals surface area (Å²) in [7, 11) is -2.89. The number of esters is 1. The molecule has 0 unspecified atom stereocenters. The zero-order valence-corrected chi connectivity index (χ0v) is 12.5. The normalized spacial score (nSPS) is 11.7. The SMILES string of the molecule is CCCN(CC(=O)OC)S(=O)(=O)c1cc(C)ccc1F. The average Bonchev–Trinajstić information content (AvgIpc) is 2.40. The van der Waals surface area contributed by atoms with Crippen molar-refractivity contribution in [3.8, 4) is 0 Å². The Bertz CT molecular complexity index is 586. The Morgan fingerprint density at radius 3 is 2.60 bits per heavy atom. The summed E-state index contributed by atoms with van der Waals surface area (Å²) in [6, 6.07) is 3.84. The number of aryl methyl sites for hydroxylation is 1. The monoisotopic (exact) mass is 303 g/mol. The van der Waals surface area contributed by atoms with E-state index in [9.17, 15) is 17.6 Å². The van der Waals surface area contributed by atoms with Crippen LogP contribution >= 0.6 is 0 Å². The molecule has 1 aromatic rings. The van der Waals surface area contributed by atoms with Gasteiger partial charge in [0.15, 0.2) is 0 Å². The smallest absolute Gasteiger partial charge is 0.321 e. The molecule has 0 bridgehead atoms. The number of nitrogens with zero attached hydrogens (tertiary/aromatic N) is 1. The molecule has 0 saturated carbocycles. The first kappa shape index (κ1) is 16.6. The van der Waals surface area contributed by atoms with Crippen LogP contribution in [0.1, 0.15) is 18.9 Å². The highest BCUT2D eigenvalue weighted by atomic mass is 32.2. The fourth-order valence-electron chi connectivity index (χ4n) is 1.69. The van der Waals surface area contributed by atoms with Crippen LogP contribution in [0.4, 0.5) is 4.39 Å². The molecular formula is C13H18FNO4S. The fraction of sp³-hybridized carbons (Fsp3) is 0.462. The van der Waals surface area contributed by atoms with Crippen LogP contribution in [0, 0.1) is 12.7 Å². The summed E-state index contributed by atoms with van der Waals surface area (Å²) in [5, 5.41) is 0. The van der Waals surface area contributed by atoms with Gasteiger partial charge in [0.05, 0.1) is 7.11 Å². The Kier molecular flexibility index (Phi) is 5.64. The van der Waals surface area contributed by atoms with Gasteiger partial charge in [0.1, 0.15) is 17.3 Å². The van der Waals surface area contributed by atoms with Crippen molar-refractivity contribution in [1.29, 1.82) is 0 Å². The number of sulfonamides is 1. The number of hydrogen-bond acceptors (Lipinski definition) is 4. The Labute approximate surface area is 118 Å².